The first-order valence-corrected chi connectivity index (χ1v) is 10.1. The van der Waals surface area contributed by atoms with Gasteiger partial charge in [0.2, 0.25) is 0 Å². The molecule has 0 saturated carbocycles. The zero-order valence-electron chi connectivity index (χ0n) is 15.8. The first kappa shape index (κ1) is 22.1. The Bertz CT molecular complexity index is 989. The van der Waals surface area contributed by atoms with Crippen molar-refractivity contribution in [3.8, 4) is 11.5 Å². The van der Waals surface area contributed by atoms with E-state index in [9.17, 15) is 28.4 Å². The van der Waals surface area contributed by atoms with Gasteiger partial charge in [-0.05, 0) is 48.7 Å². The number of benzene rings is 2. The molecule has 0 spiro atoms. The van der Waals surface area contributed by atoms with Crippen LogP contribution in [0.1, 0.15) is 30.6 Å². The quantitative estimate of drug-likeness (QED) is 0.414. The predicted octanol–water partition coefficient (Wildman–Crippen LogP) is 2.35. The van der Waals surface area contributed by atoms with E-state index >= 15 is 0 Å². The summed E-state index contributed by atoms with van der Waals surface area (Å²) in [6.07, 6.45) is 0.888. The van der Waals surface area contributed by atoms with Gasteiger partial charge in [0, 0.05) is 11.6 Å². The summed E-state index contributed by atoms with van der Waals surface area (Å²) >= 11 is 0. The van der Waals surface area contributed by atoms with E-state index in [0.717, 1.165) is 18.6 Å². The van der Waals surface area contributed by atoms with E-state index in [0.29, 0.717) is 24.3 Å². The van der Waals surface area contributed by atoms with Crippen LogP contribution in [0.15, 0.2) is 47.4 Å². The lowest BCUT2D eigenvalue weighted by Crippen LogP contribution is -2.41. The normalized spacial score (nSPS) is 11.3. The second-order valence-corrected chi connectivity index (χ2v) is 8.21. The number of sulfonamides is 1. The van der Waals surface area contributed by atoms with E-state index < -0.39 is 37.2 Å². The number of nitrogens with zero attached hydrogens (tertiary/aromatic N) is 1. The molecule has 0 saturated heterocycles. The Hall–Kier alpha value is -3.18. The summed E-state index contributed by atoms with van der Waals surface area (Å²) in [6.45, 7) is 4.70. The minimum Gasteiger partial charge on any atom is -0.502 e. The minimum atomic E-state index is -4.29. The number of nitro groups is 1. The third-order valence-electron chi connectivity index (χ3n) is 3.83. The molecular formula is C18H21N3O7S. The molecule has 1 amide bonds. The van der Waals surface area contributed by atoms with Crippen molar-refractivity contribution < 1.29 is 28.0 Å². The highest BCUT2D eigenvalue weighted by molar-refractivity contribution is 7.89. The Balaban J connectivity index is 2.00. The number of carbonyl (C=O) groups excluding carboxylic acids is 1. The van der Waals surface area contributed by atoms with Gasteiger partial charge in [0.05, 0.1) is 16.4 Å². The molecule has 0 aromatic heterocycles. The van der Waals surface area contributed by atoms with Gasteiger partial charge in [-0.25, -0.2) is 8.42 Å². The van der Waals surface area contributed by atoms with Crippen molar-refractivity contribution in [1.29, 1.82) is 0 Å². The van der Waals surface area contributed by atoms with E-state index in [-0.39, 0.29) is 5.56 Å². The summed E-state index contributed by atoms with van der Waals surface area (Å²) in [5.74, 6) is -0.313. The van der Waals surface area contributed by atoms with Gasteiger partial charge < -0.3 is 9.84 Å². The van der Waals surface area contributed by atoms with Gasteiger partial charge in [0.15, 0.2) is 5.75 Å². The van der Waals surface area contributed by atoms with Crippen molar-refractivity contribution in [2.75, 3.05) is 6.61 Å². The van der Waals surface area contributed by atoms with Crippen molar-refractivity contribution in [3.05, 3.63) is 58.1 Å². The van der Waals surface area contributed by atoms with E-state index in [2.05, 4.69) is 13.8 Å². The molecule has 0 bridgehead atoms. The molecule has 0 radical (unpaired) electrons. The Morgan fingerprint density at radius 2 is 1.86 bits per heavy atom. The molecule has 2 aromatic carbocycles. The van der Waals surface area contributed by atoms with Crippen LogP contribution in [0.4, 0.5) is 5.69 Å². The van der Waals surface area contributed by atoms with Gasteiger partial charge in [-0.2, -0.15) is 0 Å². The average molecular weight is 423 g/mol. The molecule has 0 aliphatic heterocycles. The molecule has 156 valence electrons. The fourth-order valence-corrected chi connectivity index (χ4v) is 3.04. The summed E-state index contributed by atoms with van der Waals surface area (Å²) < 4.78 is 30.0. The van der Waals surface area contributed by atoms with Crippen LogP contribution in [-0.2, 0) is 10.0 Å². The number of nitrogens with one attached hydrogen (secondary N) is 2. The van der Waals surface area contributed by atoms with Gasteiger partial charge >= 0.3 is 5.69 Å². The number of ether oxygens (including phenoxy) is 1. The number of hydrogen-bond donors (Lipinski definition) is 3. The maximum atomic E-state index is 12.2. The lowest BCUT2D eigenvalue weighted by molar-refractivity contribution is -0.386. The van der Waals surface area contributed by atoms with Crippen LogP contribution in [0, 0.1) is 16.0 Å². The Morgan fingerprint density at radius 1 is 1.21 bits per heavy atom. The number of phenolic OH excluding ortho intramolecular Hbond substituents is 1. The van der Waals surface area contributed by atoms with Crippen molar-refractivity contribution >= 4 is 21.6 Å². The molecule has 0 atom stereocenters. The summed E-state index contributed by atoms with van der Waals surface area (Å²) in [5.41, 5.74) is 1.44. The number of hydrazine groups is 1. The van der Waals surface area contributed by atoms with Gasteiger partial charge in [0.25, 0.3) is 15.9 Å². The third kappa shape index (κ3) is 6.16. The van der Waals surface area contributed by atoms with Crippen molar-refractivity contribution in [1.82, 2.24) is 10.3 Å². The number of hydrogen-bond acceptors (Lipinski definition) is 7. The predicted molar refractivity (Wildman–Crippen MR) is 104 cm³/mol. The second kappa shape index (κ2) is 9.34. The number of nitro benzene ring substituents is 1. The van der Waals surface area contributed by atoms with Crippen LogP contribution >= 0.6 is 0 Å². The lowest BCUT2D eigenvalue weighted by atomic mass is 10.1. The van der Waals surface area contributed by atoms with Gasteiger partial charge in [-0.15, -0.1) is 4.83 Å². The summed E-state index contributed by atoms with van der Waals surface area (Å²) in [5, 5.41) is 20.2. The fourth-order valence-electron chi connectivity index (χ4n) is 2.18. The van der Waals surface area contributed by atoms with Crippen LogP contribution < -0.4 is 15.0 Å². The Kier molecular flexibility index (Phi) is 7.13. The average Bonchev–Trinajstić information content (AvgIpc) is 2.66. The molecule has 0 heterocycles. The highest BCUT2D eigenvalue weighted by Gasteiger charge is 2.22. The smallest absolute Gasteiger partial charge is 0.312 e. The molecule has 0 aliphatic carbocycles. The number of phenols is 1. The Morgan fingerprint density at radius 3 is 2.45 bits per heavy atom. The third-order valence-corrected chi connectivity index (χ3v) is 5.08. The minimum absolute atomic E-state index is 0.181. The zero-order chi connectivity index (χ0) is 21.6. The lowest BCUT2D eigenvalue weighted by Gasteiger charge is -2.10. The first-order chi connectivity index (χ1) is 13.6. The molecule has 0 unspecified atom stereocenters. The van der Waals surface area contributed by atoms with Crippen LogP contribution in [0.5, 0.6) is 11.5 Å². The number of rotatable bonds is 9. The van der Waals surface area contributed by atoms with Crippen LogP contribution in [0.3, 0.4) is 0 Å². The van der Waals surface area contributed by atoms with E-state index in [4.69, 9.17) is 4.74 Å². The summed E-state index contributed by atoms with van der Waals surface area (Å²) in [4.78, 5) is 23.4. The maximum absolute atomic E-state index is 12.2. The molecule has 29 heavy (non-hydrogen) atoms. The van der Waals surface area contributed by atoms with E-state index in [1.165, 1.54) is 12.1 Å². The topological polar surface area (TPSA) is 148 Å². The van der Waals surface area contributed by atoms with Gasteiger partial charge in [0.1, 0.15) is 5.75 Å². The van der Waals surface area contributed by atoms with Crippen molar-refractivity contribution in [2.45, 2.75) is 25.2 Å². The zero-order valence-corrected chi connectivity index (χ0v) is 16.6. The van der Waals surface area contributed by atoms with Crippen molar-refractivity contribution in [3.63, 3.8) is 0 Å². The van der Waals surface area contributed by atoms with Gasteiger partial charge in [-0.3, -0.25) is 20.3 Å². The SMILES string of the molecule is CC(C)CCOc1ccc(C(=O)NNS(=O)(=O)c2ccc(O)c([N+](=O)[O-])c2)cc1. The Labute approximate surface area is 167 Å². The first-order valence-electron chi connectivity index (χ1n) is 8.62. The molecule has 3 N–H and O–H groups in total. The number of aromatic hydroxyl groups is 1. The second-order valence-electron chi connectivity index (χ2n) is 6.52. The molecule has 10 nitrogen and oxygen atoms in total. The largest absolute Gasteiger partial charge is 0.502 e. The maximum Gasteiger partial charge on any atom is 0.312 e. The van der Waals surface area contributed by atoms with Crippen molar-refractivity contribution in [2.24, 2.45) is 5.92 Å². The van der Waals surface area contributed by atoms with E-state index in [1.54, 1.807) is 12.1 Å². The molecule has 11 heteroatoms. The molecule has 2 aromatic rings. The molecule has 2 rings (SSSR count). The fraction of sp³-hybridized carbons (Fsp3) is 0.278. The molecular weight excluding hydrogens is 402 g/mol. The highest BCUT2D eigenvalue weighted by Crippen LogP contribution is 2.28. The summed E-state index contributed by atoms with van der Waals surface area (Å²) in [7, 11) is -4.29. The number of carbonyl (C=O) groups is 1. The van der Waals surface area contributed by atoms with Crippen LogP contribution in [-0.4, -0.2) is 31.0 Å². The monoisotopic (exact) mass is 423 g/mol. The van der Waals surface area contributed by atoms with Crippen LogP contribution in [0.2, 0.25) is 0 Å². The molecule has 0 aliphatic rings. The standard InChI is InChI=1S/C18H21N3O7S/c1-12(2)9-10-28-14-5-3-13(4-6-14)18(23)19-20-29(26,27)15-7-8-17(22)16(11-15)21(24)25/h3-8,11-12,20,22H,9-10H2,1-2H3,(H,19,23). The number of amides is 1. The highest BCUT2D eigenvalue weighted by atomic mass is 32.2. The van der Waals surface area contributed by atoms with Gasteiger partial charge in [-0.1, -0.05) is 13.8 Å². The van der Waals surface area contributed by atoms with Crippen LogP contribution in [0.25, 0.3) is 0 Å². The summed E-state index contributed by atoms with van der Waals surface area (Å²) in [6, 6.07) is 8.67. The molecule has 0 fully saturated rings. The van der Waals surface area contributed by atoms with E-state index in [1.807, 2.05) is 10.3 Å².